The third-order valence-electron chi connectivity index (χ3n) is 4.54. The number of carbonyl (C=O) groups excluding carboxylic acids is 1. The van der Waals surface area contributed by atoms with E-state index in [1.807, 2.05) is 37.3 Å². The third kappa shape index (κ3) is 3.98. The van der Waals surface area contributed by atoms with Crippen molar-refractivity contribution in [2.45, 2.75) is 6.92 Å². The van der Waals surface area contributed by atoms with E-state index in [0.717, 1.165) is 43.2 Å². The Morgan fingerprint density at radius 2 is 1.93 bits per heavy atom. The first-order valence-corrected chi connectivity index (χ1v) is 8.91. The fraction of sp³-hybridized carbons (Fsp3) is 0.250. The van der Waals surface area contributed by atoms with Crippen LogP contribution in [0, 0.1) is 6.92 Å². The molecule has 1 aromatic carbocycles. The number of H-pyrrole nitrogens is 1. The van der Waals surface area contributed by atoms with Gasteiger partial charge in [-0.2, -0.15) is 5.10 Å². The third-order valence-corrected chi connectivity index (χ3v) is 4.54. The van der Waals surface area contributed by atoms with Crippen molar-refractivity contribution in [3.05, 3.63) is 59.9 Å². The molecule has 3 aromatic rings. The Bertz CT molecular complexity index is 912. The van der Waals surface area contributed by atoms with E-state index in [1.165, 1.54) is 5.56 Å². The quantitative estimate of drug-likeness (QED) is 0.745. The normalized spacial score (nSPS) is 14.2. The number of aromatic amines is 1. The lowest BCUT2D eigenvalue weighted by atomic mass is 10.1. The van der Waals surface area contributed by atoms with Crippen molar-refractivity contribution in [3.63, 3.8) is 0 Å². The van der Waals surface area contributed by atoms with Crippen LogP contribution in [0.2, 0.25) is 0 Å². The second kappa shape index (κ2) is 7.59. The van der Waals surface area contributed by atoms with E-state index in [1.54, 1.807) is 18.3 Å². The van der Waals surface area contributed by atoms with Crippen molar-refractivity contribution < 1.29 is 9.53 Å². The predicted molar refractivity (Wildman–Crippen MR) is 104 cm³/mol. The Kier molecular flexibility index (Phi) is 4.84. The Hall–Kier alpha value is -3.19. The first-order chi connectivity index (χ1) is 13.2. The molecule has 0 atom stereocenters. The van der Waals surface area contributed by atoms with Crippen molar-refractivity contribution in [3.8, 4) is 11.3 Å². The van der Waals surface area contributed by atoms with E-state index < -0.39 is 0 Å². The van der Waals surface area contributed by atoms with Crippen LogP contribution in [0.4, 0.5) is 11.5 Å². The van der Waals surface area contributed by atoms with Crippen molar-refractivity contribution >= 4 is 17.4 Å². The SMILES string of the molecule is Cc1ccc(-c2cc(C(=O)Nc3ccc(N4CCOCC4)cn3)[nH]n2)cc1. The number of amides is 1. The number of aryl methyl sites for hydroxylation is 1. The van der Waals surface area contributed by atoms with Crippen molar-refractivity contribution in [1.29, 1.82) is 0 Å². The number of pyridine rings is 1. The summed E-state index contributed by atoms with van der Waals surface area (Å²) in [4.78, 5) is 19.0. The summed E-state index contributed by atoms with van der Waals surface area (Å²) in [6, 6.07) is 13.5. The summed E-state index contributed by atoms with van der Waals surface area (Å²) >= 11 is 0. The van der Waals surface area contributed by atoms with Gasteiger partial charge in [0.05, 0.1) is 30.8 Å². The highest BCUT2D eigenvalue weighted by molar-refractivity contribution is 6.02. The highest BCUT2D eigenvalue weighted by Crippen LogP contribution is 2.20. The largest absolute Gasteiger partial charge is 0.378 e. The molecule has 2 N–H and O–H groups in total. The van der Waals surface area contributed by atoms with Gasteiger partial charge < -0.3 is 15.0 Å². The van der Waals surface area contributed by atoms with Gasteiger partial charge in [0.1, 0.15) is 11.5 Å². The summed E-state index contributed by atoms with van der Waals surface area (Å²) in [7, 11) is 0. The van der Waals surface area contributed by atoms with E-state index in [9.17, 15) is 4.79 Å². The molecule has 3 heterocycles. The van der Waals surface area contributed by atoms with E-state index in [2.05, 4.69) is 25.4 Å². The molecule has 4 rings (SSSR count). The monoisotopic (exact) mass is 363 g/mol. The van der Waals surface area contributed by atoms with Gasteiger partial charge in [-0.25, -0.2) is 4.98 Å². The zero-order valence-corrected chi connectivity index (χ0v) is 15.1. The summed E-state index contributed by atoms with van der Waals surface area (Å²) in [5.74, 6) is 0.232. The van der Waals surface area contributed by atoms with Crippen LogP contribution in [-0.4, -0.2) is 47.4 Å². The summed E-state index contributed by atoms with van der Waals surface area (Å²) in [5.41, 5.74) is 4.29. The lowest BCUT2D eigenvalue weighted by molar-refractivity contribution is 0.102. The average Bonchev–Trinajstić information content (AvgIpc) is 3.20. The maximum Gasteiger partial charge on any atom is 0.274 e. The number of hydrogen-bond acceptors (Lipinski definition) is 5. The van der Waals surface area contributed by atoms with Gasteiger partial charge >= 0.3 is 0 Å². The van der Waals surface area contributed by atoms with Crippen LogP contribution in [0.3, 0.4) is 0 Å². The molecule has 1 saturated heterocycles. The Morgan fingerprint density at radius 3 is 2.63 bits per heavy atom. The summed E-state index contributed by atoms with van der Waals surface area (Å²) in [5, 5.41) is 9.82. The van der Waals surface area contributed by atoms with Crippen molar-refractivity contribution in [2.24, 2.45) is 0 Å². The Balaban J connectivity index is 1.42. The lowest BCUT2D eigenvalue weighted by Gasteiger charge is -2.28. The van der Waals surface area contributed by atoms with Gasteiger partial charge in [0.15, 0.2) is 0 Å². The van der Waals surface area contributed by atoms with Gasteiger partial charge in [-0.1, -0.05) is 29.8 Å². The van der Waals surface area contributed by atoms with Crippen LogP contribution in [0.5, 0.6) is 0 Å². The number of carbonyl (C=O) groups is 1. The van der Waals surface area contributed by atoms with Gasteiger partial charge in [-0.15, -0.1) is 0 Å². The van der Waals surface area contributed by atoms with Gasteiger partial charge in [0.2, 0.25) is 0 Å². The Labute approximate surface area is 157 Å². The number of anilines is 2. The first-order valence-electron chi connectivity index (χ1n) is 8.91. The minimum atomic E-state index is -0.271. The van der Waals surface area contributed by atoms with E-state index in [0.29, 0.717) is 11.5 Å². The molecule has 1 aliphatic rings. The average molecular weight is 363 g/mol. The van der Waals surface area contributed by atoms with Crippen LogP contribution in [0.15, 0.2) is 48.7 Å². The lowest BCUT2D eigenvalue weighted by Crippen LogP contribution is -2.36. The maximum atomic E-state index is 12.5. The van der Waals surface area contributed by atoms with Gasteiger partial charge in [-0.05, 0) is 25.1 Å². The molecule has 1 aliphatic heterocycles. The molecule has 0 spiro atoms. The first kappa shape index (κ1) is 17.2. The molecule has 7 nitrogen and oxygen atoms in total. The number of benzene rings is 1. The molecule has 1 fully saturated rings. The fourth-order valence-corrected chi connectivity index (χ4v) is 2.96. The molecule has 0 saturated carbocycles. The fourth-order valence-electron chi connectivity index (χ4n) is 2.96. The minimum absolute atomic E-state index is 0.271. The molecule has 7 heteroatoms. The second-order valence-electron chi connectivity index (χ2n) is 6.49. The molecule has 27 heavy (non-hydrogen) atoms. The highest BCUT2D eigenvalue weighted by Gasteiger charge is 2.14. The number of aromatic nitrogens is 3. The van der Waals surface area contributed by atoms with Gasteiger partial charge in [0.25, 0.3) is 5.91 Å². The van der Waals surface area contributed by atoms with Crippen LogP contribution < -0.4 is 10.2 Å². The summed E-state index contributed by atoms with van der Waals surface area (Å²) in [6.45, 7) is 5.18. The number of rotatable bonds is 4. The van der Waals surface area contributed by atoms with Gasteiger partial charge in [0, 0.05) is 18.7 Å². The number of morpholine rings is 1. The molecular formula is C20H21N5O2. The predicted octanol–water partition coefficient (Wildman–Crippen LogP) is 2.87. The molecule has 0 bridgehead atoms. The highest BCUT2D eigenvalue weighted by atomic mass is 16.5. The van der Waals surface area contributed by atoms with Crippen LogP contribution in [0.25, 0.3) is 11.3 Å². The van der Waals surface area contributed by atoms with Gasteiger partial charge in [-0.3, -0.25) is 9.89 Å². The molecule has 138 valence electrons. The van der Waals surface area contributed by atoms with Crippen molar-refractivity contribution in [1.82, 2.24) is 15.2 Å². The Morgan fingerprint density at radius 1 is 1.15 bits per heavy atom. The van der Waals surface area contributed by atoms with Crippen LogP contribution in [0.1, 0.15) is 16.1 Å². The molecular weight excluding hydrogens is 342 g/mol. The zero-order valence-electron chi connectivity index (χ0n) is 15.1. The number of nitrogens with one attached hydrogen (secondary N) is 2. The number of ether oxygens (including phenoxy) is 1. The molecule has 0 aliphatic carbocycles. The molecule has 1 amide bonds. The van der Waals surface area contributed by atoms with Crippen LogP contribution in [-0.2, 0) is 4.74 Å². The van der Waals surface area contributed by atoms with E-state index >= 15 is 0 Å². The second-order valence-corrected chi connectivity index (χ2v) is 6.49. The summed E-state index contributed by atoms with van der Waals surface area (Å²) < 4.78 is 5.36. The topological polar surface area (TPSA) is 83.1 Å². The summed E-state index contributed by atoms with van der Waals surface area (Å²) in [6.07, 6.45) is 1.77. The molecule has 0 unspecified atom stereocenters. The number of hydrogen-bond donors (Lipinski definition) is 2. The smallest absolute Gasteiger partial charge is 0.274 e. The maximum absolute atomic E-state index is 12.5. The molecule has 2 aromatic heterocycles. The van der Waals surface area contributed by atoms with Crippen molar-refractivity contribution in [2.75, 3.05) is 36.5 Å². The zero-order chi connectivity index (χ0) is 18.6. The van der Waals surface area contributed by atoms with E-state index in [-0.39, 0.29) is 5.91 Å². The molecule has 0 radical (unpaired) electrons. The van der Waals surface area contributed by atoms with Crippen LogP contribution >= 0.6 is 0 Å². The standard InChI is InChI=1S/C20H21N5O2/c1-14-2-4-15(5-3-14)17-12-18(24-23-17)20(26)22-19-7-6-16(13-21-19)25-8-10-27-11-9-25/h2-7,12-13H,8-11H2,1H3,(H,23,24)(H,21,22,26). The number of nitrogens with zero attached hydrogens (tertiary/aromatic N) is 3. The van der Waals surface area contributed by atoms with E-state index in [4.69, 9.17) is 4.74 Å². The minimum Gasteiger partial charge on any atom is -0.378 e.